The van der Waals surface area contributed by atoms with Crippen molar-refractivity contribution in [2.24, 2.45) is 0 Å². The van der Waals surface area contributed by atoms with Crippen LogP contribution in [0.1, 0.15) is 31.4 Å². The summed E-state index contributed by atoms with van der Waals surface area (Å²) in [6.07, 6.45) is 2.08. The number of halogens is 1. The molecule has 2 aromatic carbocycles. The van der Waals surface area contributed by atoms with E-state index in [2.05, 4.69) is 10.2 Å². The lowest BCUT2D eigenvalue weighted by atomic mass is 10.0. The van der Waals surface area contributed by atoms with E-state index < -0.39 is 15.8 Å². The van der Waals surface area contributed by atoms with Crippen LogP contribution in [0.3, 0.4) is 0 Å². The lowest BCUT2D eigenvalue weighted by Gasteiger charge is -2.14. The quantitative estimate of drug-likeness (QED) is 0.620. The van der Waals surface area contributed by atoms with Gasteiger partial charge in [-0.2, -0.15) is 5.48 Å². The molecule has 0 spiro atoms. The van der Waals surface area contributed by atoms with Crippen molar-refractivity contribution in [2.45, 2.75) is 26.7 Å². The minimum atomic E-state index is -3.57. The van der Waals surface area contributed by atoms with Crippen molar-refractivity contribution >= 4 is 21.6 Å². The predicted molar refractivity (Wildman–Crippen MR) is 104 cm³/mol. The van der Waals surface area contributed by atoms with Crippen molar-refractivity contribution < 1.29 is 27.2 Å². The largest absolute Gasteiger partial charge is 0.494 e. The van der Waals surface area contributed by atoms with Gasteiger partial charge in [0.2, 0.25) is 15.9 Å². The van der Waals surface area contributed by atoms with Crippen molar-refractivity contribution in [3.8, 4) is 11.5 Å². The summed E-state index contributed by atoms with van der Waals surface area (Å²) in [7, 11) is -3.57. The first kappa shape index (κ1) is 21.5. The van der Waals surface area contributed by atoms with Gasteiger partial charge in [0.05, 0.1) is 18.6 Å². The van der Waals surface area contributed by atoms with Crippen molar-refractivity contribution in [2.75, 3.05) is 17.6 Å². The molecular formula is C19H23FN2O5S. The maximum atomic E-state index is 14.2. The molecule has 2 N–H and O–H groups in total. The van der Waals surface area contributed by atoms with Gasteiger partial charge in [-0.05, 0) is 42.3 Å². The molecule has 0 unspecified atom stereocenters. The topological polar surface area (TPSA) is 93.7 Å². The zero-order valence-electron chi connectivity index (χ0n) is 15.9. The van der Waals surface area contributed by atoms with Gasteiger partial charge in [-0.3, -0.25) is 9.52 Å². The van der Waals surface area contributed by atoms with E-state index in [1.54, 1.807) is 24.3 Å². The van der Waals surface area contributed by atoms with Crippen LogP contribution in [0.15, 0.2) is 36.4 Å². The Hall–Kier alpha value is -2.81. The van der Waals surface area contributed by atoms with E-state index in [4.69, 9.17) is 9.57 Å². The maximum Gasteiger partial charge on any atom is 0.249 e. The van der Waals surface area contributed by atoms with E-state index in [0.717, 1.165) is 12.7 Å². The summed E-state index contributed by atoms with van der Waals surface area (Å²) in [4.78, 5) is 16.4. The normalized spacial score (nSPS) is 11.0. The molecule has 0 fully saturated rings. The maximum absolute atomic E-state index is 14.2. The second-order valence-corrected chi connectivity index (χ2v) is 7.99. The highest BCUT2D eigenvalue weighted by Gasteiger charge is 2.12. The van der Waals surface area contributed by atoms with Gasteiger partial charge in [-0.25, -0.2) is 12.8 Å². The average Bonchev–Trinajstić information content (AvgIpc) is 2.60. The number of nitrogens with one attached hydrogen (secondary N) is 2. The number of amides is 1. The second-order valence-electron chi connectivity index (χ2n) is 6.24. The van der Waals surface area contributed by atoms with Gasteiger partial charge < -0.3 is 9.57 Å². The number of ether oxygens (including phenoxy) is 1. The highest BCUT2D eigenvalue weighted by molar-refractivity contribution is 7.92. The third kappa shape index (κ3) is 6.73. The van der Waals surface area contributed by atoms with E-state index >= 15 is 0 Å². The van der Waals surface area contributed by atoms with Crippen molar-refractivity contribution in [1.82, 2.24) is 5.48 Å². The molecule has 7 nitrogen and oxygen atoms in total. The van der Waals surface area contributed by atoms with Crippen LogP contribution in [0.4, 0.5) is 10.1 Å². The predicted octanol–water partition coefficient (Wildman–Crippen LogP) is 3.01. The molecule has 152 valence electrons. The molecule has 2 rings (SSSR count). The highest BCUT2D eigenvalue weighted by atomic mass is 32.2. The molecule has 0 bridgehead atoms. The summed E-state index contributed by atoms with van der Waals surface area (Å²) in [5.41, 5.74) is 3.41. The molecule has 9 heteroatoms. The number of hydrogen-bond acceptors (Lipinski definition) is 5. The fourth-order valence-corrected chi connectivity index (χ4v) is 2.97. The zero-order valence-corrected chi connectivity index (χ0v) is 16.7. The van der Waals surface area contributed by atoms with Crippen LogP contribution in [-0.2, 0) is 21.2 Å². The SMILES string of the molecule is CCCOc1ccc(ONC(C)=O)c(Cc2ccc(NS(C)(=O)=O)c(F)c2)c1. The molecule has 0 saturated carbocycles. The third-order valence-corrected chi connectivity index (χ3v) is 4.12. The summed E-state index contributed by atoms with van der Waals surface area (Å²) in [5, 5.41) is 0. The lowest BCUT2D eigenvalue weighted by Crippen LogP contribution is -2.24. The Morgan fingerprint density at radius 3 is 2.54 bits per heavy atom. The first-order valence-electron chi connectivity index (χ1n) is 8.63. The first-order valence-corrected chi connectivity index (χ1v) is 10.5. The van der Waals surface area contributed by atoms with Crippen LogP contribution in [0.25, 0.3) is 0 Å². The monoisotopic (exact) mass is 410 g/mol. The highest BCUT2D eigenvalue weighted by Crippen LogP contribution is 2.28. The zero-order chi connectivity index (χ0) is 20.7. The van der Waals surface area contributed by atoms with Gasteiger partial charge in [0, 0.05) is 18.9 Å². The van der Waals surface area contributed by atoms with Gasteiger partial charge in [0.25, 0.3) is 0 Å². The number of benzene rings is 2. The molecule has 2 aromatic rings. The van der Waals surface area contributed by atoms with Crippen molar-refractivity contribution in [3.63, 3.8) is 0 Å². The Bertz CT molecular complexity index is 947. The summed E-state index contributed by atoms with van der Waals surface area (Å²) >= 11 is 0. The second kappa shape index (κ2) is 9.41. The summed E-state index contributed by atoms with van der Waals surface area (Å²) in [5.74, 6) is -0.0224. The molecule has 0 saturated heterocycles. The minimum Gasteiger partial charge on any atom is -0.494 e. The van der Waals surface area contributed by atoms with Crippen LogP contribution in [-0.4, -0.2) is 27.2 Å². The third-order valence-electron chi connectivity index (χ3n) is 3.53. The van der Waals surface area contributed by atoms with Crippen LogP contribution >= 0.6 is 0 Å². The smallest absolute Gasteiger partial charge is 0.249 e. The van der Waals surface area contributed by atoms with E-state index in [1.807, 2.05) is 6.92 Å². The van der Waals surface area contributed by atoms with Crippen LogP contribution in [0.5, 0.6) is 11.5 Å². The number of anilines is 1. The summed E-state index contributed by atoms with van der Waals surface area (Å²) < 4.78 is 44.5. The molecule has 1 amide bonds. The number of hydroxylamine groups is 1. The Kier molecular flexibility index (Phi) is 7.22. The molecule has 0 atom stereocenters. The van der Waals surface area contributed by atoms with Crippen LogP contribution < -0.4 is 19.8 Å². The molecule has 0 aromatic heterocycles. The molecule has 0 heterocycles. The Morgan fingerprint density at radius 1 is 1.18 bits per heavy atom. The summed E-state index contributed by atoms with van der Waals surface area (Å²) in [6.45, 7) is 3.86. The Morgan fingerprint density at radius 2 is 1.93 bits per heavy atom. The minimum absolute atomic E-state index is 0.124. The van der Waals surface area contributed by atoms with Crippen molar-refractivity contribution in [3.05, 3.63) is 53.3 Å². The number of rotatable bonds is 9. The van der Waals surface area contributed by atoms with Crippen molar-refractivity contribution in [1.29, 1.82) is 0 Å². The lowest BCUT2D eigenvalue weighted by molar-refractivity contribution is -0.125. The first-order chi connectivity index (χ1) is 13.2. The van der Waals surface area contributed by atoms with E-state index in [1.165, 1.54) is 19.1 Å². The fourth-order valence-electron chi connectivity index (χ4n) is 2.40. The number of carbonyl (C=O) groups excluding carboxylic acids is 1. The fraction of sp³-hybridized carbons (Fsp3) is 0.316. The van der Waals surface area contributed by atoms with Gasteiger partial charge in [0.15, 0.2) is 5.75 Å². The number of hydrogen-bond donors (Lipinski definition) is 2. The van der Waals surface area contributed by atoms with Gasteiger partial charge >= 0.3 is 0 Å². The molecular weight excluding hydrogens is 387 g/mol. The molecule has 0 radical (unpaired) electrons. The molecule has 0 aliphatic heterocycles. The average molecular weight is 410 g/mol. The van der Waals surface area contributed by atoms with Gasteiger partial charge in [0.1, 0.15) is 11.6 Å². The van der Waals surface area contributed by atoms with Gasteiger partial charge in [-0.15, -0.1) is 0 Å². The Balaban J connectivity index is 2.28. The van der Waals surface area contributed by atoms with Gasteiger partial charge in [-0.1, -0.05) is 13.0 Å². The van der Waals surface area contributed by atoms with E-state index in [9.17, 15) is 17.6 Å². The van der Waals surface area contributed by atoms with E-state index in [0.29, 0.717) is 29.2 Å². The number of sulfonamides is 1. The summed E-state index contributed by atoms with van der Waals surface area (Å²) in [6, 6.07) is 9.35. The van der Waals surface area contributed by atoms with E-state index in [-0.39, 0.29) is 18.0 Å². The standard InChI is InChI=1S/C19H23FN2O5S/c1-4-9-26-16-6-8-19(27-21-13(2)23)15(12-16)10-14-5-7-18(17(20)11-14)22-28(3,24)25/h5-8,11-12,22H,4,9-10H2,1-3H3,(H,21,23). The molecule has 0 aliphatic rings. The Labute approximate surface area is 163 Å². The van der Waals surface area contributed by atoms with Crippen LogP contribution in [0, 0.1) is 5.82 Å². The molecule has 0 aliphatic carbocycles. The molecule has 28 heavy (non-hydrogen) atoms. The number of carbonyl (C=O) groups is 1. The van der Waals surface area contributed by atoms with Crippen LogP contribution in [0.2, 0.25) is 0 Å².